The first kappa shape index (κ1) is 25.3. The number of anilines is 1. The second-order valence-corrected chi connectivity index (χ2v) is 10.9. The van der Waals surface area contributed by atoms with Gasteiger partial charge in [0.25, 0.3) is 0 Å². The summed E-state index contributed by atoms with van der Waals surface area (Å²) in [6.45, 7) is 2.30. The quantitative estimate of drug-likeness (QED) is 0.503. The topological polar surface area (TPSA) is 78.8 Å². The van der Waals surface area contributed by atoms with Gasteiger partial charge in [-0.2, -0.15) is 17.5 Å². The van der Waals surface area contributed by atoms with Gasteiger partial charge in [-0.3, -0.25) is 4.79 Å². The molecule has 1 aromatic carbocycles. The van der Waals surface area contributed by atoms with Crippen molar-refractivity contribution in [3.8, 4) is 0 Å². The van der Waals surface area contributed by atoms with E-state index in [1.807, 2.05) is 27.8 Å². The van der Waals surface area contributed by atoms with Gasteiger partial charge in [-0.1, -0.05) is 18.2 Å². The Morgan fingerprint density at radius 1 is 0.919 bits per heavy atom. The summed E-state index contributed by atoms with van der Waals surface area (Å²) < 4.78 is 68.8. The van der Waals surface area contributed by atoms with E-state index in [9.17, 15) is 26.4 Å². The third-order valence-corrected chi connectivity index (χ3v) is 8.79. The van der Waals surface area contributed by atoms with Gasteiger partial charge in [-0.25, -0.2) is 13.4 Å². The minimum Gasteiger partial charge on any atom is -0.353 e. The Bertz CT molecular complexity index is 1350. The van der Waals surface area contributed by atoms with Crippen molar-refractivity contribution < 1.29 is 26.4 Å². The van der Waals surface area contributed by atoms with E-state index in [0.29, 0.717) is 38.5 Å². The van der Waals surface area contributed by atoms with Gasteiger partial charge in [0.15, 0.2) is 0 Å². The second kappa shape index (κ2) is 9.82. The van der Waals surface area contributed by atoms with Crippen LogP contribution in [0.3, 0.4) is 0 Å². The van der Waals surface area contributed by atoms with Gasteiger partial charge in [0, 0.05) is 63.8 Å². The van der Waals surface area contributed by atoms with Gasteiger partial charge in [0.2, 0.25) is 15.9 Å². The first-order valence-electron chi connectivity index (χ1n) is 11.9. The molecule has 4 heterocycles. The number of carbonyl (C=O) groups excluding carboxylic acids is 1. The molecule has 1 fully saturated rings. The average Bonchev–Trinajstić information content (AvgIpc) is 3.38. The van der Waals surface area contributed by atoms with Gasteiger partial charge in [-0.15, -0.1) is 0 Å². The van der Waals surface area contributed by atoms with Crippen LogP contribution in [0.2, 0.25) is 0 Å². The van der Waals surface area contributed by atoms with Gasteiger partial charge < -0.3 is 14.4 Å². The number of halogens is 3. The van der Waals surface area contributed by atoms with Crippen LogP contribution in [0, 0.1) is 0 Å². The standard InChI is InChI=1S/C25H26F3N5O3S/c26-25(27,28)19-8-9-23(29-18-19)31-11-13-32(14-12-31)24(34)17-22-21-7-4-10-30(21)15-16-33(22)37(35,36)20-5-2-1-3-6-20/h1-10,18,22H,11-17H2. The highest BCUT2D eigenvalue weighted by Crippen LogP contribution is 2.34. The molecule has 0 radical (unpaired) electrons. The number of aromatic nitrogens is 2. The highest BCUT2D eigenvalue weighted by molar-refractivity contribution is 7.89. The fourth-order valence-electron chi connectivity index (χ4n) is 4.89. The number of hydrogen-bond donors (Lipinski definition) is 0. The van der Waals surface area contributed by atoms with Gasteiger partial charge >= 0.3 is 6.18 Å². The molecule has 3 aromatic rings. The van der Waals surface area contributed by atoms with E-state index in [-0.39, 0.29) is 23.8 Å². The highest BCUT2D eigenvalue weighted by atomic mass is 32.2. The maximum absolute atomic E-state index is 13.5. The third-order valence-electron chi connectivity index (χ3n) is 6.86. The zero-order valence-electron chi connectivity index (χ0n) is 19.9. The Morgan fingerprint density at radius 2 is 1.65 bits per heavy atom. The van der Waals surface area contributed by atoms with E-state index in [4.69, 9.17) is 0 Å². The van der Waals surface area contributed by atoms with Crippen LogP contribution in [0.25, 0.3) is 0 Å². The van der Waals surface area contributed by atoms with Crippen molar-refractivity contribution in [1.82, 2.24) is 18.8 Å². The van der Waals surface area contributed by atoms with E-state index in [1.54, 1.807) is 35.2 Å². The molecule has 0 saturated carbocycles. The summed E-state index contributed by atoms with van der Waals surface area (Å²) in [6.07, 6.45) is -1.76. The zero-order chi connectivity index (χ0) is 26.2. The summed E-state index contributed by atoms with van der Waals surface area (Å²) in [5.74, 6) is 0.248. The van der Waals surface area contributed by atoms with Crippen LogP contribution in [0.1, 0.15) is 23.7 Å². The summed E-state index contributed by atoms with van der Waals surface area (Å²) in [5.41, 5.74) is -0.0380. The number of benzene rings is 1. The molecule has 1 amide bonds. The van der Waals surface area contributed by atoms with E-state index in [1.165, 1.54) is 10.4 Å². The molecule has 37 heavy (non-hydrogen) atoms. The minimum absolute atomic E-state index is 0.00535. The Labute approximate surface area is 213 Å². The first-order valence-corrected chi connectivity index (χ1v) is 13.4. The van der Waals surface area contributed by atoms with Crippen molar-refractivity contribution in [2.24, 2.45) is 0 Å². The molecule has 0 aliphatic carbocycles. The number of hydrogen-bond acceptors (Lipinski definition) is 5. The summed E-state index contributed by atoms with van der Waals surface area (Å²) in [6, 6.07) is 13.6. The summed E-state index contributed by atoms with van der Waals surface area (Å²) in [7, 11) is -3.81. The van der Waals surface area contributed by atoms with Crippen LogP contribution < -0.4 is 4.90 Å². The summed E-state index contributed by atoms with van der Waals surface area (Å²) in [5, 5.41) is 0. The fourth-order valence-corrected chi connectivity index (χ4v) is 6.50. The molecule has 0 bridgehead atoms. The normalized spacial score (nSPS) is 19.1. The van der Waals surface area contributed by atoms with Crippen molar-refractivity contribution in [3.05, 3.63) is 78.2 Å². The first-order chi connectivity index (χ1) is 17.6. The van der Waals surface area contributed by atoms with Gasteiger partial charge in [0.05, 0.1) is 16.5 Å². The number of piperazine rings is 1. The zero-order valence-corrected chi connectivity index (χ0v) is 20.7. The Balaban J connectivity index is 1.29. The Morgan fingerprint density at radius 3 is 2.30 bits per heavy atom. The van der Waals surface area contributed by atoms with Gasteiger partial charge in [-0.05, 0) is 36.4 Å². The lowest BCUT2D eigenvalue weighted by molar-refractivity contribution is -0.138. The maximum Gasteiger partial charge on any atom is 0.417 e. The molecule has 8 nitrogen and oxygen atoms in total. The predicted octanol–water partition coefficient (Wildman–Crippen LogP) is 3.39. The molecule has 12 heteroatoms. The lowest BCUT2D eigenvalue weighted by atomic mass is 10.1. The van der Waals surface area contributed by atoms with Crippen molar-refractivity contribution >= 4 is 21.7 Å². The maximum atomic E-state index is 13.5. The SMILES string of the molecule is O=C(CC1c2cccn2CCN1S(=O)(=O)c1ccccc1)N1CCN(c2ccc(C(F)(F)F)cn2)CC1. The molecule has 1 unspecified atom stereocenters. The Kier molecular flexibility index (Phi) is 6.71. The van der Waals surface area contributed by atoms with Crippen LogP contribution in [0.15, 0.2) is 71.9 Å². The minimum atomic E-state index is -4.45. The van der Waals surface area contributed by atoms with E-state index < -0.39 is 27.8 Å². The fraction of sp³-hybridized carbons (Fsp3) is 0.360. The number of alkyl halides is 3. The molecular formula is C25H26F3N5O3S. The number of sulfonamides is 1. The highest BCUT2D eigenvalue weighted by Gasteiger charge is 2.39. The van der Waals surface area contributed by atoms with E-state index in [0.717, 1.165) is 18.0 Å². The molecule has 1 atom stereocenters. The number of carbonyl (C=O) groups is 1. The van der Waals surface area contributed by atoms with Crippen LogP contribution in [-0.2, 0) is 27.5 Å². The second-order valence-electron chi connectivity index (χ2n) is 9.05. The number of pyridine rings is 1. The van der Waals surface area contributed by atoms with Crippen molar-refractivity contribution in [1.29, 1.82) is 0 Å². The summed E-state index contributed by atoms with van der Waals surface area (Å²) >= 11 is 0. The molecule has 2 aliphatic rings. The average molecular weight is 534 g/mol. The number of fused-ring (bicyclic) bond motifs is 1. The van der Waals surface area contributed by atoms with Crippen molar-refractivity contribution in [2.45, 2.75) is 30.1 Å². The van der Waals surface area contributed by atoms with Crippen LogP contribution in [0.5, 0.6) is 0 Å². The summed E-state index contributed by atoms with van der Waals surface area (Å²) in [4.78, 5) is 21.0. The van der Waals surface area contributed by atoms with E-state index >= 15 is 0 Å². The number of rotatable bonds is 5. The third kappa shape index (κ3) is 5.08. The Hall–Kier alpha value is -3.38. The molecule has 1 saturated heterocycles. The smallest absolute Gasteiger partial charge is 0.353 e. The van der Waals surface area contributed by atoms with Crippen LogP contribution >= 0.6 is 0 Å². The van der Waals surface area contributed by atoms with Crippen molar-refractivity contribution in [2.75, 3.05) is 37.6 Å². The predicted molar refractivity (Wildman–Crippen MR) is 130 cm³/mol. The lowest BCUT2D eigenvalue weighted by Gasteiger charge is -2.39. The molecular weight excluding hydrogens is 507 g/mol. The monoisotopic (exact) mass is 533 g/mol. The van der Waals surface area contributed by atoms with E-state index in [2.05, 4.69) is 4.98 Å². The lowest BCUT2D eigenvalue weighted by Crippen LogP contribution is -2.50. The molecule has 0 N–H and O–H groups in total. The largest absolute Gasteiger partial charge is 0.417 e. The number of amides is 1. The molecule has 0 spiro atoms. The van der Waals surface area contributed by atoms with Gasteiger partial charge in [0.1, 0.15) is 5.82 Å². The molecule has 2 aliphatic heterocycles. The molecule has 196 valence electrons. The van der Waals surface area contributed by atoms with Crippen LogP contribution in [0.4, 0.5) is 19.0 Å². The van der Waals surface area contributed by atoms with Crippen molar-refractivity contribution in [3.63, 3.8) is 0 Å². The van der Waals surface area contributed by atoms with Crippen LogP contribution in [-0.4, -0.2) is 65.8 Å². The number of nitrogens with zero attached hydrogens (tertiary/aromatic N) is 5. The molecule has 2 aromatic heterocycles. The molecule has 5 rings (SSSR count).